The van der Waals surface area contributed by atoms with Gasteiger partial charge in [-0.05, 0) is 44.5 Å². The lowest BCUT2D eigenvalue weighted by atomic mass is 9.82. The molecule has 5 rings (SSSR count). The van der Waals surface area contributed by atoms with Gasteiger partial charge in [0.05, 0.1) is 0 Å². The minimum absolute atomic E-state index is 0.361. The molecule has 4 aromatic carbocycles. The van der Waals surface area contributed by atoms with Crippen LogP contribution in [0.25, 0.3) is 0 Å². The first-order chi connectivity index (χ1) is 15.5. The molecule has 0 aliphatic heterocycles. The van der Waals surface area contributed by atoms with Crippen molar-refractivity contribution in [2.45, 2.75) is 51.4 Å². The zero-order chi connectivity index (χ0) is 22.2. The zero-order valence-electron chi connectivity index (χ0n) is 19.5. The van der Waals surface area contributed by atoms with E-state index >= 15 is 0 Å². The molecule has 0 aromatic heterocycles. The number of benzene rings is 4. The molecule has 0 heterocycles. The van der Waals surface area contributed by atoms with Crippen molar-refractivity contribution in [1.82, 2.24) is 0 Å². The third-order valence-corrected chi connectivity index (χ3v) is 7.64. The highest BCUT2D eigenvalue weighted by Gasteiger charge is 2.18. The molecule has 0 N–H and O–H groups in total. The lowest BCUT2D eigenvalue weighted by Gasteiger charge is -2.22. The molecule has 0 radical (unpaired) electrons. The highest BCUT2D eigenvalue weighted by molar-refractivity contribution is 5.45. The first kappa shape index (κ1) is 20.8. The second-order valence-electron chi connectivity index (χ2n) is 9.57. The third-order valence-electron chi connectivity index (χ3n) is 7.64. The molecule has 0 amide bonds. The Labute approximate surface area is 193 Å². The first-order valence-electron chi connectivity index (χ1n) is 11.9. The molecule has 0 nitrogen and oxygen atoms in total. The number of hydrogen-bond donors (Lipinski definition) is 0. The van der Waals surface area contributed by atoms with E-state index in [1.54, 1.807) is 0 Å². The molecule has 0 spiro atoms. The molecule has 1 aliphatic rings. The lowest BCUT2D eigenvalue weighted by Crippen LogP contribution is -2.05. The van der Waals surface area contributed by atoms with Gasteiger partial charge in [-0.15, -0.1) is 0 Å². The summed E-state index contributed by atoms with van der Waals surface area (Å²) in [5, 5.41) is 0. The van der Waals surface area contributed by atoms with E-state index < -0.39 is 0 Å². The maximum Gasteiger partial charge on any atom is 0.00612 e. The average Bonchev–Trinajstić information content (AvgIpc) is 2.86. The van der Waals surface area contributed by atoms with Gasteiger partial charge < -0.3 is 0 Å². The number of fused-ring (bicyclic) bond motifs is 8. The number of hydrogen-bond acceptors (Lipinski definition) is 0. The molecular weight excluding hydrogens is 384 g/mol. The van der Waals surface area contributed by atoms with Crippen molar-refractivity contribution in [2.24, 2.45) is 0 Å². The Morgan fingerprint density at radius 3 is 0.625 bits per heavy atom. The van der Waals surface area contributed by atoms with Gasteiger partial charge >= 0.3 is 0 Å². The Bertz CT molecular complexity index is 973. The Kier molecular flexibility index (Phi) is 5.47. The van der Waals surface area contributed by atoms with Crippen LogP contribution in [0.5, 0.6) is 0 Å². The van der Waals surface area contributed by atoms with Crippen LogP contribution in [0.2, 0.25) is 0 Å². The standard InChI is InChI=1S/C32H32/c1-21-25-9-5-11-27(17-25)22(2)29-13-7-15-31(19-29)24(4)32-16-8-14-30(20-32)23(3)28-12-6-10-26(21)18-28/h5-24H,1-4H3. The Hall–Kier alpha value is -3.12. The smallest absolute Gasteiger partial charge is 0.00612 e. The summed E-state index contributed by atoms with van der Waals surface area (Å²) in [7, 11) is 0. The van der Waals surface area contributed by atoms with Crippen LogP contribution in [0.1, 0.15) is 95.9 Å². The molecule has 0 fully saturated rings. The largest absolute Gasteiger partial charge is 0.0617 e. The van der Waals surface area contributed by atoms with Gasteiger partial charge in [0.1, 0.15) is 0 Å². The second kappa shape index (κ2) is 8.43. The monoisotopic (exact) mass is 416 g/mol. The van der Waals surface area contributed by atoms with Crippen LogP contribution in [0, 0.1) is 0 Å². The predicted molar refractivity (Wildman–Crippen MR) is 136 cm³/mol. The highest BCUT2D eigenvalue weighted by atomic mass is 14.2. The molecule has 0 saturated heterocycles. The molecule has 32 heavy (non-hydrogen) atoms. The summed E-state index contributed by atoms with van der Waals surface area (Å²) in [5.74, 6) is 1.44. The lowest BCUT2D eigenvalue weighted by molar-refractivity contribution is 0.855. The van der Waals surface area contributed by atoms with Crippen molar-refractivity contribution in [1.29, 1.82) is 0 Å². The Morgan fingerprint density at radius 2 is 0.469 bits per heavy atom. The summed E-state index contributed by atoms with van der Waals surface area (Å²) < 4.78 is 0. The van der Waals surface area contributed by atoms with Crippen LogP contribution in [0.4, 0.5) is 0 Å². The fourth-order valence-electron chi connectivity index (χ4n) is 5.16. The zero-order valence-corrected chi connectivity index (χ0v) is 19.5. The minimum atomic E-state index is 0.361. The fraction of sp³-hybridized carbons (Fsp3) is 0.250. The first-order valence-corrected chi connectivity index (χ1v) is 11.9. The van der Waals surface area contributed by atoms with Crippen LogP contribution in [0.3, 0.4) is 0 Å². The Balaban J connectivity index is 1.72. The van der Waals surface area contributed by atoms with Gasteiger partial charge in [0.25, 0.3) is 0 Å². The van der Waals surface area contributed by atoms with Crippen LogP contribution in [-0.2, 0) is 0 Å². The number of rotatable bonds is 0. The van der Waals surface area contributed by atoms with E-state index in [4.69, 9.17) is 0 Å². The van der Waals surface area contributed by atoms with Gasteiger partial charge in [0, 0.05) is 23.7 Å². The van der Waals surface area contributed by atoms with E-state index in [1.165, 1.54) is 44.5 Å². The quantitative estimate of drug-likeness (QED) is 0.269. The summed E-state index contributed by atoms with van der Waals surface area (Å²) >= 11 is 0. The van der Waals surface area contributed by atoms with Crippen LogP contribution in [0.15, 0.2) is 97.1 Å². The third kappa shape index (κ3) is 3.79. The van der Waals surface area contributed by atoms with Crippen LogP contribution >= 0.6 is 0 Å². The van der Waals surface area contributed by atoms with Gasteiger partial charge in [-0.3, -0.25) is 0 Å². The van der Waals surface area contributed by atoms with Crippen molar-refractivity contribution in [3.05, 3.63) is 142 Å². The van der Waals surface area contributed by atoms with E-state index in [-0.39, 0.29) is 0 Å². The van der Waals surface area contributed by atoms with Gasteiger partial charge in [-0.25, -0.2) is 0 Å². The van der Waals surface area contributed by atoms with Crippen LogP contribution in [-0.4, -0.2) is 0 Å². The van der Waals surface area contributed by atoms with Crippen molar-refractivity contribution in [2.75, 3.05) is 0 Å². The summed E-state index contributed by atoms with van der Waals surface area (Å²) in [6.07, 6.45) is 0. The fourth-order valence-corrected chi connectivity index (χ4v) is 5.16. The van der Waals surface area contributed by atoms with Gasteiger partial charge in [-0.2, -0.15) is 0 Å². The summed E-state index contributed by atoms with van der Waals surface area (Å²) in [5.41, 5.74) is 11.1. The van der Waals surface area contributed by atoms with Gasteiger partial charge in [-0.1, -0.05) is 125 Å². The topological polar surface area (TPSA) is 0 Å². The van der Waals surface area contributed by atoms with E-state index in [0.29, 0.717) is 23.7 Å². The summed E-state index contributed by atoms with van der Waals surface area (Å²) in [4.78, 5) is 0. The maximum atomic E-state index is 2.41. The summed E-state index contributed by atoms with van der Waals surface area (Å²) in [6.45, 7) is 9.33. The average molecular weight is 417 g/mol. The molecule has 0 saturated carbocycles. The van der Waals surface area contributed by atoms with Crippen molar-refractivity contribution >= 4 is 0 Å². The van der Waals surface area contributed by atoms with E-state index in [0.717, 1.165) is 0 Å². The van der Waals surface area contributed by atoms with Crippen molar-refractivity contribution in [3.8, 4) is 0 Å². The molecular formula is C32H32. The van der Waals surface area contributed by atoms with E-state index in [2.05, 4.69) is 125 Å². The van der Waals surface area contributed by atoms with Gasteiger partial charge in [0.15, 0.2) is 0 Å². The molecule has 8 bridgehead atoms. The predicted octanol–water partition coefficient (Wildman–Crippen LogP) is 8.61. The molecule has 160 valence electrons. The molecule has 0 heteroatoms. The SMILES string of the molecule is CC1c2cccc(c2)C(C)c2cccc(c2)C(C)c2cccc(c2)C(C)c2cccc1c2. The van der Waals surface area contributed by atoms with Gasteiger partial charge in [0.2, 0.25) is 0 Å². The van der Waals surface area contributed by atoms with Crippen molar-refractivity contribution < 1.29 is 0 Å². The Morgan fingerprint density at radius 1 is 0.312 bits per heavy atom. The van der Waals surface area contributed by atoms with E-state index in [1.807, 2.05) is 0 Å². The highest BCUT2D eigenvalue weighted by Crippen LogP contribution is 2.35. The molecule has 1 aliphatic carbocycles. The summed E-state index contributed by atoms with van der Waals surface area (Å²) in [6, 6.07) is 36.8. The second-order valence-corrected chi connectivity index (χ2v) is 9.57. The minimum Gasteiger partial charge on any atom is -0.0617 e. The molecule has 0 atom stereocenters. The van der Waals surface area contributed by atoms with Crippen molar-refractivity contribution in [3.63, 3.8) is 0 Å². The molecule has 0 unspecified atom stereocenters. The normalized spacial score (nSPS) is 22.4. The molecule has 4 aromatic rings. The van der Waals surface area contributed by atoms with E-state index in [9.17, 15) is 0 Å². The maximum absolute atomic E-state index is 2.41. The van der Waals surface area contributed by atoms with Crippen LogP contribution < -0.4 is 0 Å².